The Morgan fingerprint density at radius 3 is 3.10 bits per heavy atom. The van der Waals surface area contributed by atoms with Crippen LogP contribution < -0.4 is 5.48 Å². The number of benzene rings is 1. The number of thiophene rings is 1. The molecule has 0 bridgehead atoms. The Morgan fingerprint density at radius 2 is 2.19 bits per heavy atom. The van der Waals surface area contributed by atoms with Crippen molar-refractivity contribution in [2.75, 3.05) is 0 Å². The van der Waals surface area contributed by atoms with Gasteiger partial charge in [-0.05, 0) is 17.5 Å². The normalized spacial score (nSPS) is 11.3. The highest BCUT2D eigenvalue weighted by molar-refractivity contribution is 7.16. The van der Waals surface area contributed by atoms with Crippen LogP contribution in [0.4, 0.5) is 10.2 Å². The number of aromatic nitrogens is 2. The van der Waals surface area contributed by atoms with Gasteiger partial charge >= 0.3 is 0 Å². The van der Waals surface area contributed by atoms with E-state index in [9.17, 15) is 4.39 Å². The van der Waals surface area contributed by atoms with E-state index >= 15 is 0 Å². The van der Waals surface area contributed by atoms with Gasteiger partial charge in [0.1, 0.15) is 29.9 Å². The van der Waals surface area contributed by atoms with Gasteiger partial charge in [-0.2, -0.15) is 0 Å². The minimum atomic E-state index is -0.299. The summed E-state index contributed by atoms with van der Waals surface area (Å²) in [5.41, 5.74) is 3.02. The van der Waals surface area contributed by atoms with Crippen molar-refractivity contribution in [1.29, 1.82) is 0 Å². The monoisotopic (exact) mass is 302 g/mol. The third-order valence-corrected chi connectivity index (χ3v) is 3.57. The van der Waals surface area contributed by atoms with E-state index in [1.165, 1.54) is 30.1 Å². The van der Waals surface area contributed by atoms with Crippen molar-refractivity contribution in [2.24, 2.45) is 4.99 Å². The van der Waals surface area contributed by atoms with Crippen LogP contribution in [0, 0.1) is 5.82 Å². The van der Waals surface area contributed by atoms with Gasteiger partial charge in [0.25, 0.3) is 0 Å². The Balaban J connectivity index is 1.58. The summed E-state index contributed by atoms with van der Waals surface area (Å²) in [5.74, 6) is 0.260. The predicted molar refractivity (Wildman–Crippen MR) is 79.9 cm³/mol. The molecule has 0 spiro atoms. The van der Waals surface area contributed by atoms with Gasteiger partial charge in [0.2, 0.25) is 0 Å². The zero-order chi connectivity index (χ0) is 14.5. The summed E-state index contributed by atoms with van der Waals surface area (Å²) in [6.07, 6.45) is 2.84. The molecule has 3 aromatic rings. The molecule has 0 aliphatic carbocycles. The van der Waals surface area contributed by atoms with E-state index in [0.29, 0.717) is 11.4 Å². The van der Waals surface area contributed by atoms with E-state index in [-0.39, 0.29) is 12.4 Å². The third kappa shape index (κ3) is 3.21. The summed E-state index contributed by atoms with van der Waals surface area (Å²) in [6, 6.07) is 8.35. The first-order chi connectivity index (χ1) is 10.3. The fraction of sp³-hybridized carbons (Fsp3) is 0.0714. The minimum Gasteiger partial charge on any atom is -0.270 e. The van der Waals surface area contributed by atoms with Crippen LogP contribution >= 0.6 is 11.3 Å². The Labute approximate surface area is 124 Å². The molecule has 0 fully saturated rings. The molecule has 0 radical (unpaired) electrons. The molecule has 7 heteroatoms. The van der Waals surface area contributed by atoms with E-state index < -0.39 is 0 Å². The van der Waals surface area contributed by atoms with E-state index in [4.69, 9.17) is 4.84 Å². The minimum absolute atomic E-state index is 0.107. The van der Waals surface area contributed by atoms with E-state index in [1.807, 2.05) is 11.4 Å². The standard InChI is InChI=1S/C14H11FN4OS/c15-12-4-2-1-3-10(12)7-20-19-9-17-13-11-5-6-21-14(11)18-8-16-13/h1-6,8-9H,7H2,(H,16,17,18,19). The molecule has 3 rings (SSSR count). The smallest absolute Gasteiger partial charge is 0.165 e. The molecule has 21 heavy (non-hydrogen) atoms. The number of nitrogens with zero attached hydrogens (tertiary/aromatic N) is 3. The highest BCUT2D eigenvalue weighted by Gasteiger charge is 2.02. The van der Waals surface area contributed by atoms with Gasteiger partial charge in [-0.1, -0.05) is 18.2 Å². The predicted octanol–water partition coefficient (Wildman–Crippen LogP) is 3.21. The van der Waals surface area contributed by atoms with Crippen molar-refractivity contribution in [3.05, 3.63) is 53.4 Å². The molecule has 106 valence electrons. The van der Waals surface area contributed by atoms with Gasteiger partial charge in [0.05, 0.1) is 5.39 Å². The second kappa shape index (κ2) is 6.38. The van der Waals surface area contributed by atoms with Gasteiger partial charge in [-0.3, -0.25) is 10.3 Å². The lowest BCUT2D eigenvalue weighted by Crippen LogP contribution is -2.12. The van der Waals surface area contributed by atoms with Crippen molar-refractivity contribution in [3.63, 3.8) is 0 Å². The fourth-order valence-electron chi connectivity index (χ4n) is 1.74. The van der Waals surface area contributed by atoms with Crippen LogP contribution in [0.1, 0.15) is 5.56 Å². The Hall–Kier alpha value is -2.38. The van der Waals surface area contributed by atoms with Crippen LogP contribution in [0.5, 0.6) is 0 Å². The zero-order valence-electron chi connectivity index (χ0n) is 10.9. The quantitative estimate of drug-likeness (QED) is 0.340. The lowest BCUT2D eigenvalue weighted by Gasteiger charge is -2.03. The molecule has 0 saturated carbocycles. The number of hydrogen-bond acceptors (Lipinski definition) is 5. The second-order valence-corrected chi connectivity index (χ2v) is 4.99. The summed E-state index contributed by atoms with van der Waals surface area (Å²) >= 11 is 1.53. The molecule has 1 aromatic carbocycles. The van der Waals surface area contributed by atoms with Crippen LogP contribution in [0.25, 0.3) is 10.2 Å². The van der Waals surface area contributed by atoms with Crippen molar-refractivity contribution in [3.8, 4) is 0 Å². The average molecular weight is 302 g/mol. The Kier molecular flexibility index (Phi) is 4.13. The molecule has 2 heterocycles. The number of aliphatic imine (C=N–C) groups is 1. The molecule has 2 aromatic heterocycles. The Bertz CT molecular complexity index is 774. The number of hydroxylamine groups is 1. The van der Waals surface area contributed by atoms with Crippen molar-refractivity contribution < 1.29 is 9.23 Å². The lowest BCUT2D eigenvalue weighted by molar-refractivity contribution is 0.0726. The van der Waals surface area contributed by atoms with E-state index in [0.717, 1.165) is 10.2 Å². The third-order valence-electron chi connectivity index (χ3n) is 2.75. The van der Waals surface area contributed by atoms with Crippen LogP contribution in [0.15, 0.2) is 47.0 Å². The second-order valence-electron chi connectivity index (χ2n) is 4.09. The van der Waals surface area contributed by atoms with Crippen molar-refractivity contribution in [1.82, 2.24) is 15.4 Å². The van der Waals surface area contributed by atoms with Crippen molar-refractivity contribution in [2.45, 2.75) is 6.61 Å². The van der Waals surface area contributed by atoms with E-state index in [2.05, 4.69) is 20.4 Å². The summed E-state index contributed by atoms with van der Waals surface area (Å²) in [4.78, 5) is 18.4. The van der Waals surface area contributed by atoms with Gasteiger partial charge in [-0.25, -0.2) is 19.4 Å². The fourth-order valence-corrected chi connectivity index (χ4v) is 2.47. The molecule has 0 saturated heterocycles. The summed E-state index contributed by atoms with van der Waals surface area (Å²) in [6.45, 7) is 0.107. The zero-order valence-corrected chi connectivity index (χ0v) is 11.7. The highest BCUT2D eigenvalue weighted by Crippen LogP contribution is 2.25. The van der Waals surface area contributed by atoms with E-state index in [1.54, 1.807) is 18.2 Å². The number of fused-ring (bicyclic) bond motifs is 1. The molecular formula is C14H11FN4OS. The maximum Gasteiger partial charge on any atom is 0.165 e. The van der Waals surface area contributed by atoms with Crippen LogP contribution in [-0.2, 0) is 11.4 Å². The molecule has 0 atom stereocenters. The SMILES string of the molecule is Fc1ccccc1CONC=Nc1ncnc2sccc12. The van der Waals surface area contributed by atoms with Crippen LogP contribution in [-0.4, -0.2) is 16.3 Å². The number of nitrogens with one attached hydrogen (secondary N) is 1. The molecule has 0 unspecified atom stereocenters. The van der Waals surface area contributed by atoms with Crippen molar-refractivity contribution >= 4 is 33.7 Å². The van der Waals surface area contributed by atoms with Gasteiger partial charge in [0, 0.05) is 5.56 Å². The maximum absolute atomic E-state index is 13.3. The summed E-state index contributed by atoms with van der Waals surface area (Å²) < 4.78 is 13.3. The van der Waals surface area contributed by atoms with Gasteiger partial charge < -0.3 is 0 Å². The largest absolute Gasteiger partial charge is 0.270 e. The first kappa shape index (κ1) is 13.6. The molecule has 0 aliphatic rings. The molecule has 0 aliphatic heterocycles. The maximum atomic E-state index is 13.3. The first-order valence-electron chi connectivity index (χ1n) is 6.16. The molecule has 1 N–H and O–H groups in total. The number of hydrogen-bond donors (Lipinski definition) is 1. The molecule has 5 nitrogen and oxygen atoms in total. The summed E-state index contributed by atoms with van der Waals surface area (Å²) in [7, 11) is 0. The first-order valence-corrected chi connectivity index (χ1v) is 7.04. The van der Waals surface area contributed by atoms with Gasteiger partial charge in [0.15, 0.2) is 5.82 Å². The highest BCUT2D eigenvalue weighted by atomic mass is 32.1. The topological polar surface area (TPSA) is 59.4 Å². The number of rotatable bonds is 5. The number of halogens is 1. The average Bonchev–Trinajstić information content (AvgIpc) is 2.98. The molecular weight excluding hydrogens is 291 g/mol. The summed E-state index contributed by atoms with van der Waals surface area (Å²) in [5, 5.41) is 2.81. The van der Waals surface area contributed by atoms with Crippen LogP contribution in [0.2, 0.25) is 0 Å². The van der Waals surface area contributed by atoms with Gasteiger partial charge in [-0.15, -0.1) is 11.3 Å². The Morgan fingerprint density at radius 1 is 1.29 bits per heavy atom. The molecule has 0 amide bonds. The van der Waals surface area contributed by atoms with Crippen LogP contribution in [0.3, 0.4) is 0 Å². The lowest BCUT2D eigenvalue weighted by atomic mass is 10.2.